The maximum atomic E-state index is 15.2. The van der Waals surface area contributed by atoms with Gasteiger partial charge in [0.25, 0.3) is 0 Å². The molecule has 0 bridgehead atoms. The van der Waals surface area contributed by atoms with Gasteiger partial charge in [-0.1, -0.05) is 0 Å². The van der Waals surface area contributed by atoms with Gasteiger partial charge in [0.2, 0.25) is 0 Å². The quantitative estimate of drug-likeness (QED) is 0.504. The first-order chi connectivity index (χ1) is 17.7. The Morgan fingerprint density at radius 1 is 1.00 bits per heavy atom. The first kappa shape index (κ1) is 24.3. The van der Waals surface area contributed by atoms with Crippen LogP contribution in [0.2, 0.25) is 0 Å². The zero-order valence-electron chi connectivity index (χ0n) is 19.2. The smallest absolute Gasteiger partial charge is 0.418 e. The van der Waals surface area contributed by atoms with Gasteiger partial charge in [0.1, 0.15) is 29.9 Å². The van der Waals surface area contributed by atoms with Crippen molar-refractivity contribution in [2.24, 2.45) is 0 Å². The summed E-state index contributed by atoms with van der Waals surface area (Å²) in [6.07, 6.45) is -7.44. The zero-order valence-corrected chi connectivity index (χ0v) is 19.2. The molecule has 6 rings (SSSR count). The second kappa shape index (κ2) is 9.08. The van der Waals surface area contributed by atoms with E-state index in [0.717, 1.165) is 18.2 Å². The SMILES string of the molecule is O[C@@H]1CO[C@H]2[C@@H]1OC[C@H]2Oc1cc2nc(-c3c(F)cc(N4CCOCC4)cc3F)c(C(F)(F)F)cc2[nH]1. The third kappa shape index (κ3) is 4.39. The van der Waals surface area contributed by atoms with E-state index in [2.05, 4.69) is 9.97 Å². The predicted molar refractivity (Wildman–Crippen MR) is 119 cm³/mol. The second-order valence-corrected chi connectivity index (χ2v) is 9.15. The van der Waals surface area contributed by atoms with Crippen LogP contribution >= 0.6 is 0 Å². The second-order valence-electron chi connectivity index (χ2n) is 9.15. The maximum absolute atomic E-state index is 15.2. The normalized spacial score (nSPS) is 26.2. The van der Waals surface area contributed by atoms with E-state index < -0.39 is 59.0 Å². The van der Waals surface area contributed by atoms with Crippen molar-refractivity contribution >= 4 is 16.7 Å². The van der Waals surface area contributed by atoms with E-state index in [1.54, 1.807) is 4.90 Å². The number of fused-ring (bicyclic) bond motifs is 2. The molecule has 8 nitrogen and oxygen atoms in total. The van der Waals surface area contributed by atoms with Crippen molar-refractivity contribution in [2.75, 3.05) is 44.4 Å². The standard InChI is InChI=1S/C24H22F5N3O5/c25-13-5-11(32-1-3-34-4-2-32)6-14(26)20(13)21-12(24(27,28)29)7-15-16(31-21)8-19(30-15)37-18-10-36-22-17(33)9-35-23(18)22/h5-8,17-18,22-23,30,33H,1-4,9-10H2/t17-,18-,22-,23-/m1/s1. The molecule has 0 aliphatic carbocycles. The first-order valence-electron chi connectivity index (χ1n) is 11.7. The Kier molecular flexibility index (Phi) is 5.97. The number of morpholine rings is 1. The molecule has 0 spiro atoms. The molecular formula is C24H22F5N3O5. The Balaban J connectivity index is 1.37. The van der Waals surface area contributed by atoms with Crippen molar-refractivity contribution in [3.63, 3.8) is 0 Å². The molecule has 198 valence electrons. The summed E-state index contributed by atoms with van der Waals surface area (Å²) in [7, 11) is 0. The number of aromatic amines is 1. The van der Waals surface area contributed by atoms with Gasteiger partial charge < -0.3 is 33.9 Å². The zero-order chi connectivity index (χ0) is 25.9. The van der Waals surface area contributed by atoms with Crippen LogP contribution in [0.15, 0.2) is 24.3 Å². The Labute approximate surface area is 206 Å². The fraction of sp³-hybridized carbons (Fsp3) is 0.458. The van der Waals surface area contributed by atoms with Crippen molar-refractivity contribution in [2.45, 2.75) is 30.6 Å². The van der Waals surface area contributed by atoms with Gasteiger partial charge in [-0.05, 0) is 18.2 Å². The monoisotopic (exact) mass is 527 g/mol. The number of aliphatic hydroxyl groups is 1. The summed E-state index contributed by atoms with van der Waals surface area (Å²) in [5.41, 5.74) is -2.81. The number of rotatable bonds is 4. The number of aliphatic hydroxyl groups excluding tert-OH is 1. The third-order valence-electron chi connectivity index (χ3n) is 6.78. The van der Waals surface area contributed by atoms with E-state index in [4.69, 9.17) is 18.9 Å². The van der Waals surface area contributed by atoms with Crippen LogP contribution in [0.5, 0.6) is 5.88 Å². The molecule has 3 aliphatic rings. The summed E-state index contributed by atoms with van der Waals surface area (Å²) >= 11 is 0. The molecule has 0 amide bonds. The highest BCUT2D eigenvalue weighted by Gasteiger charge is 2.48. The molecule has 2 N–H and O–H groups in total. The molecule has 0 saturated carbocycles. The fourth-order valence-corrected chi connectivity index (χ4v) is 5.00. The molecule has 5 heterocycles. The van der Waals surface area contributed by atoms with Gasteiger partial charge in [-0.2, -0.15) is 13.2 Å². The number of alkyl halides is 3. The number of anilines is 1. The molecule has 4 atom stereocenters. The number of nitrogens with zero attached hydrogens (tertiary/aromatic N) is 2. The van der Waals surface area contributed by atoms with Gasteiger partial charge in [0, 0.05) is 24.8 Å². The summed E-state index contributed by atoms with van der Waals surface area (Å²) in [6, 6.07) is 4.11. The highest BCUT2D eigenvalue weighted by atomic mass is 19.4. The minimum absolute atomic E-state index is 0.0249. The molecule has 0 radical (unpaired) electrons. The van der Waals surface area contributed by atoms with Crippen LogP contribution in [0, 0.1) is 11.6 Å². The maximum Gasteiger partial charge on any atom is 0.418 e. The lowest BCUT2D eigenvalue weighted by Crippen LogP contribution is -2.36. The Hall–Kier alpha value is -3.00. The van der Waals surface area contributed by atoms with Crippen LogP contribution in [-0.4, -0.2) is 79.0 Å². The van der Waals surface area contributed by atoms with Gasteiger partial charge in [-0.25, -0.2) is 13.8 Å². The number of H-pyrrole nitrogens is 1. The lowest BCUT2D eigenvalue weighted by Gasteiger charge is -2.29. The molecule has 3 aliphatic heterocycles. The van der Waals surface area contributed by atoms with Gasteiger partial charge in [0.05, 0.1) is 54.3 Å². The van der Waals surface area contributed by atoms with Crippen LogP contribution in [0.1, 0.15) is 5.56 Å². The molecule has 3 aromatic rings. The fourth-order valence-electron chi connectivity index (χ4n) is 5.00. The topological polar surface area (TPSA) is 89.1 Å². The minimum Gasteiger partial charge on any atom is -0.470 e. The summed E-state index contributed by atoms with van der Waals surface area (Å²) < 4.78 is 94.4. The number of nitrogens with one attached hydrogen (secondary N) is 1. The number of ether oxygens (including phenoxy) is 4. The number of benzene rings is 1. The van der Waals surface area contributed by atoms with Crippen molar-refractivity contribution < 1.29 is 46.0 Å². The number of hydrogen-bond donors (Lipinski definition) is 2. The van der Waals surface area contributed by atoms with E-state index in [1.165, 1.54) is 6.07 Å². The summed E-state index contributed by atoms with van der Waals surface area (Å²) in [4.78, 5) is 8.42. The molecule has 13 heteroatoms. The molecule has 37 heavy (non-hydrogen) atoms. The van der Waals surface area contributed by atoms with Gasteiger partial charge in [-0.15, -0.1) is 0 Å². The minimum atomic E-state index is -4.94. The van der Waals surface area contributed by atoms with Crippen LogP contribution in [0.4, 0.5) is 27.6 Å². The average Bonchev–Trinajstić information content (AvgIpc) is 3.54. The van der Waals surface area contributed by atoms with E-state index in [0.29, 0.717) is 26.3 Å². The highest BCUT2D eigenvalue weighted by Crippen LogP contribution is 2.41. The van der Waals surface area contributed by atoms with E-state index in [-0.39, 0.29) is 35.8 Å². The van der Waals surface area contributed by atoms with Crippen LogP contribution in [-0.2, 0) is 20.4 Å². The highest BCUT2D eigenvalue weighted by molar-refractivity contribution is 5.83. The molecule has 1 aromatic carbocycles. The number of pyridine rings is 1. The average molecular weight is 527 g/mol. The van der Waals surface area contributed by atoms with Crippen LogP contribution in [0.25, 0.3) is 22.3 Å². The van der Waals surface area contributed by atoms with E-state index in [1.807, 2.05) is 0 Å². The summed E-state index contributed by atoms with van der Waals surface area (Å²) in [5.74, 6) is -2.23. The van der Waals surface area contributed by atoms with Gasteiger partial charge in [-0.3, -0.25) is 0 Å². The number of hydrogen-bond acceptors (Lipinski definition) is 7. The lowest BCUT2D eigenvalue weighted by molar-refractivity contribution is -0.137. The largest absolute Gasteiger partial charge is 0.470 e. The Morgan fingerprint density at radius 2 is 1.70 bits per heavy atom. The van der Waals surface area contributed by atoms with Crippen molar-refractivity contribution in [1.82, 2.24) is 9.97 Å². The molecule has 3 saturated heterocycles. The number of halogens is 5. The van der Waals surface area contributed by atoms with Crippen molar-refractivity contribution in [3.8, 4) is 17.1 Å². The Morgan fingerprint density at radius 3 is 2.41 bits per heavy atom. The van der Waals surface area contributed by atoms with Gasteiger partial charge >= 0.3 is 6.18 Å². The van der Waals surface area contributed by atoms with Crippen LogP contribution < -0.4 is 9.64 Å². The van der Waals surface area contributed by atoms with E-state index in [9.17, 15) is 18.3 Å². The van der Waals surface area contributed by atoms with E-state index >= 15 is 8.78 Å². The summed E-state index contributed by atoms with van der Waals surface area (Å²) in [6.45, 7) is 1.75. The first-order valence-corrected chi connectivity index (χ1v) is 11.7. The molecule has 3 fully saturated rings. The van der Waals surface area contributed by atoms with Gasteiger partial charge in [0.15, 0.2) is 12.0 Å². The molecule has 0 unspecified atom stereocenters. The van der Waals surface area contributed by atoms with Crippen molar-refractivity contribution in [3.05, 3.63) is 41.5 Å². The molecular weight excluding hydrogens is 505 g/mol. The summed E-state index contributed by atoms with van der Waals surface area (Å²) in [5, 5.41) is 9.88. The molecule has 2 aromatic heterocycles. The third-order valence-corrected chi connectivity index (χ3v) is 6.78. The number of aromatic nitrogens is 2. The Bertz CT molecular complexity index is 1300. The lowest BCUT2D eigenvalue weighted by atomic mass is 10.0. The predicted octanol–water partition coefficient (Wildman–Crippen LogP) is 3.27. The van der Waals surface area contributed by atoms with Crippen LogP contribution in [0.3, 0.4) is 0 Å². The van der Waals surface area contributed by atoms with Crippen molar-refractivity contribution in [1.29, 1.82) is 0 Å².